The zero-order valence-corrected chi connectivity index (χ0v) is 17.2. The number of nitrogens with zero attached hydrogens (tertiary/aromatic N) is 4. The van der Waals surface area contributed by atoms with Crippen molar-refractivity contribution in [2.75, 3.05) is 39.4 Å². The molecule has 0 radical (unpaired) electrons. The van der Waals surface area contributed by atoms with Crippen LogP contribution in [0.2, 0.25) is 0 Å². The lowest BCUT2D eigenvalue weighted by atomic mass is 10.1. The number of ether oxygens (including phenoxy) is 1. The Balaban J connectivity index is 1.72. The predicted octanol–water partition coefficient (Wildman–Crippen LogP) is 0.772. The van der Waals surface area contributed by atoms with E-state index in [1.54, 1.807) is 22.9 Å². The Morgan fingerprint density at radius 1 is 1.30 bits per heavy atom. The number of nitrogens with one attached hydrogen (secondary N) is 2. The molecule has 1 aliphatic heterocycles. The van der Waals surface area contributed by atoms with Crippen LogP contribution in [0.25, 0.3) is 16.7 Å². The van der Waals surface area contributed by atoms with Crippen LogP contribution in [0.5, 0.6) is 0 Å². The van der Waals surface area contributed by atoms with E-state index in [-0.39, 0.29) is 28.6 Å². The van der Waals surface area contributed by atoms with Crippen molar-refractivity contribution in [1.29, 1.82) is 5.41 Å². The van der Waals surface area contributed by atoms with Gasteiger partial charge >= 0.3 is 0 Å². The van der Waals surface area contributed by atoms with Crippen LogP contribution >= 0.6 is 0 Å². The van der Waals surface area contributed by atoms with Crippen LogP contribution in [-0.4, -0.2) is 64.2 Å². The molecule has 9 heteroatoms. The first-order valence-corrected chi connectivity index (χ1v) is 10.2. The van der Waals surface area contributed by atoms with E-state index in [0.29, 0.717) is 36.4 Å². The third-order valence-corrected chi connectivity index (χ3v) is 5.34. The fraction of sp³-hybridized carbons (Fsp3) is 0.429. The first-order valence-electron chi connectivity index (χ1n) is 10.2. The number of morpholine rings is 1. The lowest BCUT2D eigenvalue weighted by Gasteiger charge is -2.26. The van der Waals surface area contributed by atoms with Gasteiger partial charge in [0.05, 0.1) is 24.2 Å². The number of aromatic nitrogens is 3. The second-order valence-electron chi connectivity index (χ2n) is 7.66. The van der Waals surface area contributed by atoms with Gasteiger partial charge in [0.1, 0.15) is 16.8 Å². The Hall–Kier alpha value is -3.04. The van der Waals surface area contributed by atoms with E-state index in [0.717, 1.165) is 19.6 Å². The van der Waals surface area contributed by atoms with Crippen LogP contribution in [0.15, 0.2) is 35.3 Å². The van der Waals surface area contributed by atoms with Gasteiger partial charge in [-0.2, -0.15) is 0 Å². The van der Waals surface area contributed by atoms with Gasteiger partial charge < -0.3 is 14.6 Å². The van der Waals surface area contributed by atoms with E-state index in [4.69, 9.17) is 10.1 Å². The van der Waals surface area contributed by atoms with E-state index >= 15 is 0 Å². The molecule has 0 saturated carbocycles. The van der Waals surface area contributed by atoms with Gasteiger partial charge in [0, 0.05) is 38.4 Å². The zero-order chi connectivity index (χ0) is 21.3. The molecule has 0 bridgehead atoms. The fourth-order valence-electron chi connectivity index (χ4n) is 3.77. The molecule has 0 unspecified atom stereocenters. The average molecular weight is 410 g/mol. The van der Waals surface area contributed by atoms with Crippen LogP contribution in [0.4, 0.5) is 0 Å². The smallest absolute Gasteiger partial charge is 0.267 e. The molecule has 9 nitrogen and oxygen atoms in total. The summed E-state index contributed by atoms with van der Waals surface area (Å²) in [5.74, 6) is -0.359. The van der Waals surface area contributed by atoms with Crippen molar-refractivity contribution in [1.82, 2.24) is 24.2 Å². The van der Waals surface area contributed by atoms with E-state index in [2.05, 4.69) is 15.2 Å². The van der Waals surface area contributed by atoms with Gasteiger partial charge in [-0.1, -0.05) is 6.07 Å². The van der Waals surface area contributed by atoms with Crippen LogP contribution in [-0.2, 0) is 4.74 Å². The molecule has 1 aliphatic rings. The average Bonchev–Trinajstić information content (AvgIpc) is 2.74. The van der Waals surface area contributed by atoms with Crippen LogP contribution in [0.3, 0.4) is 0 Å². The van der Waals surface area contributed by atoms with Crippen molar-refractivity contribution in [2.24, 2.45) is 0 Å². The highest BCUT2D eigenvalue weighted by Crippen LogP contribution is 2.14. The molecule has 2 N–H and O–H groups in total. The minimum absolute atomic E-state index is 0.0496. The molecule has 1 saturated heterocycles. The van der Waals surface area contributed by atoms with Gasteiger partial charge in [0.15, 0.2) is 0 Å². The molecule has 4 rings (SSSR count). The van der Waals surface area contributed by atoms with Gasteiger partial charge in [0.2, 0.25) is 0 Å². The molecule has 1 fully saturated rings. The second-order valence-corrected chi connectivity index (χ2v) is 7.66. The van der Waals surface area contributed by atoms with Crippen molar-refractivity contribution in [3.05, 3.63) is 51.9 Å². The Morgan fingerprint density at radius 2 is 2.07 bits per heavy atom. The van der Waals surface area contributed by atoms with Gasteiger partial charge in [0.25, 0.3) is 11.5 Å². The minimum atomic E-state index is -0.359. The molecule has 4 heterocycles. The molecular weight excluding hydrogens is 384 g/mol. The molecule has 3 aromatic heterocycles. The van der Waals surface area contributed by atoms with Gasteiger partial charge in [-0.15, -0.1) is 0 Å². The highest BCUT2D eigenvalue weighted by molar-refractivity contribution is 5.96. The molecule has 3 aromatic rings. The largest absolute Gasteiger partial charge is 0.379 e. The van der Waals surface area contributed by atoms with Crippen molar-refractivity contribution < 1.29 is 9.53 Å². The Bertz CT molecular complexity index is 1210. The third kappa shape index (κ3) is 3.73. The number of carbonyl (C=O) groups is 1. The lowest BCUT2D eigenvalue weighted by Crippen LogP contribution is -2.42. The number of carbonyl (C=O) groups excluding carboxylic acids is 1. The Labute approximate surface area is 173 Å². The first-order chi connectivity index (χ1) is 14.5. The summed E-state index contributed by atoms with van der Waals surface area (Å²) < 4.78 is 8.43. The summed E-state index contributed by atoms with van der Waals surface area (Å²) in [6, 6.07) is 6.68. The maximum Gasteiger partial charge on any atom is 0.267 e. The van der Waals surface area contributed by atoms with Gasteiger partial charge in [-0.3, -0.25) is 24.3 Å². The first kappa shape index (κ1) is 20.2. The quantitative estimate of drug-likeness (QED) is 0.605. The van der Waals surface area contributed by atoms with Gasteiger partial charge in [-0.05, 0) is 32.0 Å². The number of amides is 1. The zero-order valence-electron chi connectivity index (χ0n) is 17.2. The summed E-state index contributed by atoms with van der Waals surface area (Å²) >= 11 is 0. The molecule has 0 spiro atoms. The highest BCUT2D eigenvalue weighted by atomic mass is 16.5. The van der Waals surface area contributed by atoms with E-state index in [1.165, 1.54) is 10.5 Å². The summed E-state index contributed by atoms with van der Waals surface area (Å²) in [4.78, 5) is 32.8. The summed E-state index contributed by atoms with van der Waals surface area (Å²) in [6.07, 6.45) is 1.65. The predicted molar refractivity (Wildman–Crippen MR) is 113 cm³/mol. The molecular formula is C21H26N6O3. The molecule has 0 aromatic carbocycles. The van der Waals surface area contributed by atoms with Crippen LogP contribution in [0.1, 0.15) is 30.2 Å². The third-order valence-electron chi connectivity index (χ3n) is 5.34. The molecule has 158 valence electrons. The van der Waals surface area contributed by atoms with Crippen molar-refractivity contribution >= 4 is 22.6 Å². The number of fused-ring (bicyclic) bond motifs is 2. The molecule has 0 atom stereocenters. The minimum Gasteiger partial charge on any atom is -0.379 e. The fourth-order valence-corrected chi connectivity index (χ4v) is 3.77. The van der Waals surface area contributed by atoms with E-state index < -0.39 is 0 Å². The van der Waals surface area contributed by atoms with Crippen LogP contribution < -0.4 is 16.4 Å². The van der Waals surface area contributed by atoms with Crippen molar-refractivity contribution in [3.8, 4) is 0 Å². The van der Waals surface area contributed by atoms with E-state index in [1.807, 2.05) is 19.9 Å². The Kier molecular flexibility index (Phi) is 5.65. The van der Waals surface area contributed by atoms with Crippen molar-refractivity contribution in [3.63, 3.8) is 0 Å². The lowest BCUT2D eigenvalue weighted by molar-refractivity contribution is 0.0383. The molecule has 0 aliphatic carbocycles. The van der Waals surface area contributed by atoms with Gasteiger partial charge in [-0.25, -0.2) is 4.98 Å². The SMILES string of the molecule is CC(C)n1c(=N)c(C(=O)NCCN2CCOCC2)cc2c(=O)n3ccccc3nc21. The summed E-state index contributed by atoms with van der Waals surface area (Å²) in [6.45, 7) is 8.10. The number of hydrogen-bond acceptors (Lipinski definition) is 6. The maximum atomic E-state index is 13.1. The summed E-state index contributed by atoms with van der Waals surface area (Å²) in [7, 11) is 0. The van der Waals surface area contributed by atoms with Crippen molar-refractivity contribution in [2.45, 2.75) is 19.9 Å². The number of hydrogen-bond donors (Lipinski definition) is 2. The number of pyridine rings is 2. The number of rotatable bonds is 5. The topological polar surface area (TPSA) is 105 Å². The maximum absolute atomic E-state index is 13.1. The molecule has 1 amide bonds. The standard InChI is InChI=1S/C21H26N6O3/c1-14(2)27-18(22)15(20(28)23-6-8-25-9-11-30-12-10-25)13-16-19(27)24-17-5-3-4-7-26(17)21(16)29/h3-5,7,13-14,22H,6,8-12H2,1-2H3,(H,23,28). The summed E-state index contributed by atoms with van der Waals surface area (Å²) in [5.41, 5.74) is 0.886. The molecule has 30 heavy (non-hydrogen) atoms. The summed E-state index contributed by atoms with van der Waals surface area (Å²) in [5, 5.41) is 11.8. The van der Waals surface area contributed by atoms with Crippen LogP contribution in [0, 0.1) is 5.41 Å². The second kappa shape index (κ2) is 8.37. The monoisotopic (exact) mass is 410 g/mol. The Morgan fingerprint density at radius 3 is 2.80 bits per heavy atom. The highest BCUT2D eigenvalue weighted by Gasteiger charge is 2.19. The normalized spacial score (nSPS) is 15.2. The van der Waals surface area contributed by atoms with E-state index in [9.17, 15) is 9.59 Å².